The first-order valence-corrected chi connectivity index (χ1v) is 6.27. The topological polar surface area (TPSA) is 98.9 Å². The van der Waals surface area contributed by atoms with E-state index in [0.717, 1.165) is 18.6 Å². The van der Waals surface area contributed by atoms with Crippen LogP contribution in [0.2, 0.25) is 5.02 Å². The van der Waals surface area contributed by atoms with Crippen molar-refractivity contribution in [1.82, 2.24) is 0 Å². The quantitative estimate of drug-likeness (QED) is 0.450. The number of hydrogen-bond donors (Lipinski definition) is 1. The molecule has 0 aromatic heterocycles. The molecule has 0 amide bonds. The second-order valence-electron chi connectivity index (χ2n) is 3.83. The normalized spacial score (nSPS) is 10.3. The van der Waals surface area contributed by atoms with E-state index in [1.807, 2.05) is 6.92 Å². The van der Waals surface area contributed by atoms with Gasteiger partial charge in [-0.15, -0.1) is 0 Å². The smallest absolute Gasteiger partial charge is 0.339 e. The lowest BCUT2D eigenvalue weighted by Crippen LogP contribution is -2.10. The van der Waals surface area contributed by atoms with Gasteiger partial charge in [0.2, 0.25) is 0 Å². The third-order valence-corrected chi connectivity index (χ3v) is 2.57. The summed E-state index contributed by atoms with van der Waals surface area (Å²) in [6.45, 7) is 2.91. The maximum atomic E-state index is 11.1. The van der Waals surface area contributed by atoms with Crippen molar-refractivity contribution in [2.45, 2.75) is 13.3 Å². The molecule has 110 valence electrons. The summed E-state index contributed by atoms with van der Waals surface area (Å²) in [5.41, 5.74) is -0.748. The summed E-state index contributed by atoms with van der Waals surface area (Å²) in [6.07, 6.45) is 0.860. The van der Waals surface area contributed by atoms with Crippen LogP contribution >= 0.6 is 11.6 Å². The van der Waals surface area contributed by atoms with Crippen LogP contribution in [0.1, 0.15) is 23.7 Å². The van der Waals surface area contributed by atoms with E-state index in [-0.39, 0.29) is 29.5 Å². The highest BCUT2D eigenvalue weighted by Gasteiger charge is 2.21. The van der Waals surface area contributed by atoms with Gasteiger partial charge in [-0.2, -0.15) is 0 Å². The largest absolute Gasteiger partial charge is 0.489 e. The summed E-state index contributed by atoms with van der Waals surface area (Å²) in [5, 5.41) is 19.6. The van der Waals surface area contributed by atoms with Crippen LogP contribution in [0.3, 0.4) is 0 Å². The highest BCUT2D eigenvalue weighted by atomic mass is 35.5. The average molecular weight is 304 g/mol. The highest BCUT2D eigenvalue weighted by molar-refractivity contribution is 6.32. The van der Waals surface area contributed by atoms with E-state index in [1.54, 1.807) is 0 Å². The Morgan fingerprint density at radius 3 is 2.65 bits per heavy atom. The van der Waals surface area contributed by atoms with E-state index in [1.165, 1.54) is 0 Å². The summed E-state index contributed by atoms with van der Waals surface area (Å²) < 4.78 is 10.4. The Kier molecular flexibility index (Phi) is 6.20. The summed E-state index contributed by atoms with van der Waals surface area (Å²) in [6, 6.07) is 1.96. The molecule has 8 heteroatoms. The monoisotopic (exact) mass is 303 g/mol. The molecular formula is C12H14ClNO6. The molecule has 0 spiro atoms. The predicted molar refractivity (Wildman–Crippen MR) is 71.7 cm³/mol. The minimum atomic E-state index is -1.35. The number of nitrogens with zero attached hydrogens (tertiary/aromatic N) is 1. The molecule has 1 N–H and O–H groups in total. The first-order valence-electron chi connectivity index (χ1n) is 5.89. The van der Waals surface area contributed by atoms with Crippen LogP contribution in [0.5, 0.6) is 5.75 Å². The zero-order valence-electron chi connectivity index (χ0n) is 10.8. The maximum Gasteiger partial charge on any atom is 0.339 e. The van der Waals surface area contributed by atoms with E-state index >= 15 is 0 Å². The number of non-ortho nitro benzene ring substituents is 1. The molecule has 0 atom stereocenters. The first kappa shape index (κ1) is 16.2. The number of hydrogen-bond acceptors (Lipinski definition) is 5. The van der Waals surface area contributed by atoms with Crippen LogP contribution in [0.25, 0.3) is 0 Å². The number of rotatable bonds is 8. The van der Waals surface area contributed by atoms with Crippen molar-refractivity contribution >= 4 is 23.3 Å². The van der Waals surface area contributed by atoms with Gasteiger partial charge in [-0.25, -0.2) is 4.79 Å². The van der Waals surface area contributed by atoms with Gasteiger partial charge in [0, 0.05) is 18.7 Å². The Morgan fingerprint density at radius 2 is 2.10 bits per heavy atom. The lowest BCUT2D eigenvalue weighted by molar-refractivity contribution is -0.384. The Balaban J connectivity index is 2.88. The van der Waals surface area contributed by atoms with Gasteiger partial charge in [0.05, 0.1) is 16.6 Å². The first-order chi connectivity index (χ1) is 9.47. The van der Waals surface area contributed by atoms with Crippen molar-refractivity contribution in [3.63, 3.8) is 0 Å². The molecule has 0 unspecified atom stereocenters. The van der Waals surface area contributed by atoms with Crippen molar-refractivity contribution in [1.29, 1.82) is 0 Å². The SMILES string of the molecule is CCCOCCOc1c(Cl)cc([N+](=O)[O-])cc1C(=O)O. The van der Waals surface area contributed by atoms with Crippen LogP contribution in [0.4, 0.5) is 5.69 Å². The molecule has 0 saturated heterocycles. The van der Waals surface area contributed by atoms with Gasteiger partial charge in [0.15, 0.2) is 5.75 Å². The summed E-state index contributed by atoms with van der Waals surface area (Å²) in [4.78, 5) is 21.0. The number of aromatic carboxylic acids is 1. The van der Waals surface area contributed by atoms with Gasteiger partial charge in [-0.3, -0.25) is 10.1 Å². The second kappa shape index (κ2) is 7.66. The third-order valence-electron chi connectivity index (χ3n) is 2.29. The number of carboxylic acids is 1. The van der Waals surface area contributed by atoms with E-state index in [0.29, 0.717) is 6.61 Å². The van der Waals surface area contributed by atoms with Crippen LogP contribution in [-0.4, -0.2) is 35.8 Å². The van der Waals surface area contributed by atoms with Gasteiger partial charge in [-0.1, -0.05) is 18.5 Å². The Morgan fingerprint density at radius 1 is 1.40 bits per heavy atom. The number of carboxylic acid groups (broad SMARTS) is 1. The fourth-order valence-corrected chi connectivity index (χ4v) is 1.71. The fourth-order valence-electron chi connectivity index (χ4n) is 1.44. The molecular weight excluding hydrogens is 290 g/mol. The number of nitro benzene ring substituents is 1. The standard InChI is InChI=1S/C12H14ClNO6/c1-2-3-19-4-5-20-11-9(12(15)16)6-8(14(17)18)7-10(11)13/h6-7H,2-5H2,1H3,(H,15,16). The molecule has 1 rings (SSSR count). The van der Waals surface area contributed by atoms with Crippen LogP contribution in [0.15, 0.2) is 12.1 Å². The predicted octanol–water partition coefficient (Wildman–Crippen LogP) is 2.75. The van der Waals surface area contributed by atoms with Gasteiger partial charge >= 0.3 is 5.97 Å². The van der Waals surface area contributed by atoms with Crippen LogP contribution < -0.4 is 4.74 Å². The van der Waals surface area contributed by atoms with Gasteiger partial charge in [0.25, 0.3) is 5.69 Å². The van der Waals surface area contributed by atoms with Crippen molar-refractivity contribution < 1.29 is 24.3 Å². The molecule has 0 aliphatic rings. The molecule has 0 aliphatic heterocycles. The van der Waals surface area contributed by atoms with Crippen molar-refractivity contribution in [2.75, 3.05) is 19.8 Å². The van der Waals surface area contributed by atoms with Crippen molar-refractivity contribution in [3.8, 4) is 5.75 Å². The second-order valence-corrected chi connectivity index (χ2v) is 4.23. The maximum absolute atomic E-state index is 11.1. The number of carbonyl (C=O) groups is 1. The Hall–Kier alpha value is -1.86. The molecule has 0 heterocycles. The van der Waals surface area contributed by atoms with Gasteiger partial charge < -0.3 is 14.6 Å². The van der Waals surface area contributed by atoms with Crippen molar-refractivity contribution in [3.05, 3.63) is 32.8 Å². The van der Waals surface area contributed by atoms with E-state index in [2.05, 4.69) is 0 Å². The third kappa shape index (κ3) is 4.36. The lowest BCUT2D eigenvalue weighted by Gasteiger charge is -2.11. The molecule has 7 nitrogen and oxygen atoms in total. The van der Waals surface area contributed by atoms with Gasteiger partial charge in [0.1, 0.15) is 12.2 Å². The Labute approximate surface area is 120 Å². The number of nitro groups is 1. The average Bonchev–Trinajstić information content (AvgIpc) is 2.39. The molecule has 1 aromatic carbocycles. The summed E-state index contributed by atoms with van der Waals surface area (Å²) >= 11 is 5.83. The minimum Gasteiger partial charge on any atom is -0.489 e. The summed E-state index contributed by atoms with van der Waals surface area (Å²) in [7, 11) is 0. The van der Waals surface area contributed by atoms with E-state index in [9.17, 15) is 14.9 Å². The minimum absolute atomic E-state index is 0.0927. The van der Waals surface area contributed by atoms with E-state index < -0.39 is 16.6 Å². The van der Waals surface area contributed by atoms with Crippen LogP contribution in [0, 0.1) is 10.1 Å². The zero-order valence-corrected chi connectivity index (χ0v) is 11.6. The highest BCUT2D eigenvalue weighted by Crippen LogP contribution is 2.33. The zero-order chi connectivity index (χ0) is 15.1. The molecule has 0 aliphatic carbocycles. The number of halogens is 1. The Bertz CT molecular complexity index is 505. The molecule has 0 fully saturated rings. The molecule has 0 bridgehead atoms. The molecule has 1 aromatic rings. The van der Waals surface area contributed by atoms with Crippen molar-refractivity contribution in [2.24, 2.45) is 0 Å². The molecule has 0 radical (unpaired) electrons. The molecule has 20 heavy (non-hydrogen) atoms. The fraction of sp³-hybridized carbons (Fsp3) is 0.417. The summed E-state index contributed by atoms with van der Waals surface area (Å²) in [5.74, 6) is -1.44. The molecule has 0 saturated carbocycles. The van der Waals surface area contributed by atoms with Gasteiger partial charge in [-0.05, 0) is 6.42 Å². The van der Waals surface area contributed by atoms with Crippen LogP contribution in [-0.2, 0) is 4.74 Å². The number of ether oxygens (including phenoxy) is 2. The van der Waals surface area contributed by atoms with E-state index in [4.69, 9.17) is 26.2 Å². The lowest BCUT2D eigenvalue weighted by atomic mass is 10.2. The number of benzene rings is 1.